The lowest BCUT2D eigenvalue weighted by molar-refractivity contribution is 0.992. The van der Waals surface area contributed by atoms with Crippen molar-refractivity contribution < 1.29 is 0 Å². The highest BCUT2D eigenvalue weighted by Crippen LogP contribution is 2.02. The van der Waals surface area contributed by atoms with Gasteiger partial charge in [-0.3, -0.25) is 4.98 Å². The van der Waals surface area contributed by atoms with Crippen molar-refractivity contribution in [2.75, 3.05) is 11.9 Å². The van der Waals surface area contributed by atoms with Crippen LogP contribution in [0.4, 0.5) is 5.82 Å². The summed E-state index contributed by atoms with van der Waals surface area (Å²) in [6.07, 6.45) is 7.46. The van der Waals surface area contributed by atoms with E-state index in [-0.39, 0.29) is 0 Å². The number of rotatable bonds is 4. The van der Waals surface area contributed by atoms with Gasteiger partial charge in [-0.05, 0) is 24.1 Å². The van der Waals surface area contributed by atoms with Crippen LogP contribution in [0.5, 0.6) is 0 Å². The van der Waals surface area contributed by atoms with Crippen molar-refractivity contribution in [2.24, 2.45) is 0 Å². The number of hydrogen-bond acceptors (Lipinski definition) is 5. The van der Waals surface area contributed by atoms with Gasteiger partial charge in [-0.2, -0.15) is 5.26 Å². The van der Waals surface area contributed by atoms with Crippen molar-refractivity contribution in [2.45, 2.75) is 6.42 Å². The number of anilines is 1. The molecule has 0 amide bonds. The van der Waals surface area contributed by atoms with Crippen LogP contribution in [0.25, 0.3) is 0 Å². The molecule has 0 bridgehead atoms. The molecular weight excluding hydrogens is 214 g/mol. The van der Waals surface area contributed by atoms with Gasteiger partial charge in [0, 0.05) is 18.9 Å². The molecule has 2 aromatic heterocycles. The van der Waals surface area contributed by atoms with Crippen LogP contribution < -0.4 is 5.32 Å². The maximum absolute atomic E-state index is 8.57. The van der Waals surface area contributed by atoms with Gasteiger partial charge in [0.2, 0.25) is 0 Å². The average molecular weight is 225 g/mol. The molecule has 0 radical (unpaired) electrons. The van der Waals surface area contributed by atoms with Gasteiger partial charge in [0.15, 0.2) is 5.69 Å². The molecule has 5 nitrogen and oxygen atoms in total. The van der Waals surface area contributed by atoms with Crippen LogP contribution in [0.1, 0.15) is 11.3 Å². The Morgan fingerprint density at radius 1 is 1.18 bits per heavy atom. The second-order valence-electron chi connectivity index (χ2n) is 3.43. The topological polar surface area (TPSA) is 74.5 Å². The van der Waals surface area contributed by atoms with Crippen molar-refractivity contribution in [1.82, 2.24) is 15.0 Å². The van der Waals surface area contributed by atoms with Gasteiger partial charge in [-0.1, -0.05) is 0 Å². The highest BCUT2D eigenvalue weighted by atomic mass is 15.0. The van der Waals surface area contributed by atoms with E-state index in [1.165, 1.54) is 11.8 Å². The first-order chi connectivity index (χ1) is 8.38. The number of nitrogens with one attached hydrogen (secondary N) is 1. The Bertz CT molecular complexity index is 501. The lowest BCUT2D eigenvalue weighted by atomic mass is 10.2. The van der Waals surface area contributed by atoms with Gasteiger partial charge < -0.3 is 5.32 Å². The van der Waals surface area contributed by atoms with E-state index in [1.54, 1.807) is 18.6 Å². The molecule has 0 atom stereocenters. The SMILES string of the molecule is N#Cc1cnc(NCCc2ccncc2)cn1. The molecule has 0 unspecified atom stereocenters. The van der Waals surface area contributed by atoms with Crippen LogP contribution >= 0.6 is 0 Å². The average Bonchev–Trinajstić information content (AvgIpc) is 2.41. The molecular formula is C12H11N5. The third-order valence-electron chi connectivity index (χ3n) is 2.24. The Morgan fingerprint density at radius 3 is 2.65 bits per heavy atom. The third kappa shape index (κ3) is 3.24. The summed E-state index contributed by atoms with van der Waals surface area (Å²) >= 11 is 0. The first-order valence-corrected chi connectivity index (χ1v) is 5.23. The molecule has 0 fully saturated rings. The van der Waals surface area contributed by atoms with Gasteiger partial charge in [0.05, 0.1) is 12.4 Å². The lowest BCUT2D eigenvalue weighted by Gasteiger charge is -2.04. The smallest absolute Gasteiger partial charge is 0.158 e. The quantitative estimate of drug-likeness (QED) is 0.851. The minimum absolute atomic E-state index is 0.324. The van der Waals surface area contributed by atoms with E-state index in [9.17, 15) is 0 Å². The highest BCUT2D eigenvalue weighted by Gasteiger charge is 1.96. The van der Waals surface area contributed by atoms with Gasteiger partial charge in [0.1, 0.15) is 11.9 Å². The zero-order chi connectivity index (χ0) is 11.9. The van der Waals surface area contributed by atoms with Gasteiger partial charge >= 0.3 is 0 Å². The fraction of sp³-hybridized carbons (Fsp3) is 0.167. The predicted molar refractivity (Wildman–Crippen MR) is 63.2 cm³/mol. The van der Waals surface area contributed by atoms with Gasteiger partial charge in [-0.15, -0.1) is 0 Å². The predicted octanol–water partition coefficient (Wildman–Crippen LogP) is 1.40. The van der Waals surface area contributed by atoms with E-state index < -0.39 is 0 Å². The number of hydrogen-bond donors (Lipinski definition) is 1. The van der Waals surface area contributed by atoms with Crippen molar-refractivity contribution in [3.05, 3.63) is 48.2 Å². The zero-order valence-electron chi connectivity index (χ0n) is 9.17. The Hall–Kier alpha value is -2.48. The van der Waals surface area contributed by atoms with E-state index in [4.69, 9.17) is 5.26 Å². The maximum Gasteiger partial charge on any atom is 0.158 e. The molecule has 0 aliphatic heterocycles. The van der Waals surface area contributed by atoms with Crippen LogP contribution in [-0.4, -0.2) is 21.5 Å². The molecule has 0 spiro atoms. The second kappa shape index (κ2) is 5.56. The Morgan fingerprint density at radius 2 is 2.00 bits per heavy atom. The summed E-state index contributed by atoms with van der Waals surface area (Å²) in [4.78, 5) is 12.0. The number of nitriles is 1. The Kier molecular flexibility index (Phi) is 3.61. The van der Waals surface area contributed by atoms with Crippen LogP contribution in [0.2, 0.25) is 0 Å². The summed E-state index contributed by atoms with van der Waals surface area (Å²) in [5.41, 5.74) is 1.54. The molecule has 0 aliphatic carbocycles. The van der Waals surface area contributed by atoms with Crippen LogP contribution in [0, 0.1) is 11.3 Å². The van der Waals surface area contributed by atoms with Crippen LogP contribution in [0.3, 0.4) is 0 Å². The minimum Gasteiger partial charge on any atom is -0.368 e. The molecule has 84 valence electrons. The maximum atomic E-state index is 8.57. The summed E-state index contributed by atoms with van der Waals surface area (Å²) in [6.45, 7) is 0.768. The van der Waals surface area contributed by atoms with Gasteiger partial charge in [0.25, 0.3) is 0 Å². The molecule has 0 saturated carbocycles. The summed E-state index contributed by atoms with van der Waals surface area (Å²) < 4.78 is 0. The van der Waals surface area contributed by atoms with Crippen LogP contribution in [-0.2, 0) is 6.42 Å². The first kappa shape index (κ1) is 11.0. The van der Waals surface area contributed by atoms with E-state index in [2.05, 4.69) is 20.3 Å². The van der Waals surface area contributed by atoms with E-state index in [1.807, 2.05) is 18.2 Å². The Labute approximate surface area is 99.2 Å². The van der Waals surface area contributed by atoms with E-state index >= 15 is 0 Å². The van der Waals surface area contributed by atoms with E-state index in [0.717, 1.165) is 13.0 Å². The molecule has 2 heterocycles. The van der Waals surface area contributed by atoms with E-state index in [0.29, 0.717) is 11.5 Å². The van der Waals surface area contributed by atoms with Crippen molar-refractivity contribution in [3.63, 3.8) is 0 Å². The summed E-state index contributed by atoms with van der Waals surface area (Å²) in [5.74, 6) is 0.679. The molecule has 2 rings (SSSR count). The second-order valence-corrected chi connectivity index (χ2v) is 3.43. The third-order valence-corrected chi connectivity index (χ3v) is 2.24. The first-order valence-electron chi connectivity index (χ1n) is 5.23. The fourth-order valence-corrected chi connectivity index (χ4v) is 1.36. The van der Waals surface area contributed by atoms with Crippen molar-refractivity contribution >= 4 is 5.82 Å². The van der Waals surface area contributed by atoms with Crippen molar-refractivity contribution in [3.8, 4) is 6.07 Å². The summed E-state index contributed by atoms with van der Waals surface area (Å²) in [7, 11) is 0. The standard InChI is InChI=1S/C12H11N5/c13-7-11-8-17-12(9-16-11)15-6-3-10-1-4-14-5-2-10/h1-2,4-5,8-9H,3,6H2,(H,15,17). The highest BCUT2D eigenvalue weighted by molar-refractivity contribution is 5.33. The fourth-order valence-electron chi connectivity index (χ4n) is 1.36. The van der Waals surface area contributed by atoms with Crippen LogP contribution in [0.15, 0.2) is 36.9 Å². The molecule has 0 aliphatic rings. The molecule has 2 aromatic rings. The van der Waals surface area contributed by atoms with Crippen molar-refractivity contribution in [1.29, 1.82) is 5.26 Å². The Balaban J connectivity index is 1.84. The van der Waals surface area contributed by atoms with Gasteiger partial charge in [-0.25, -0.2) is 9.97 Å². The number of nitrogens with zero attached hydrogens (tertiary/aromatic N) is 4. The molecule has 0 saturated heterocycles. The zero-order valence-corrected chi connectivity index (χ0v) is 9.17. The number of pyridine rings is 1. The number of aromatic nitrogens is 3. The minimum atomic E-state index is 0.324. The largest absolute Gasteiger partial charge is 0.368 e. The summed E-state index contributed by atoms with van der Waals surface area (Å²) in [6, 6.07) is 5.88. The molecule has 17 heavy (non-hydrogen) atoms. The normalized spacial score (nSPS) is 9.59. The molecule has 5 heteroatoms. The molecule has 1 N–H and O–H groups in total. The monoisotopic (exact) mass is 225 g/mol. The summed E-state index contributed by atoms with van der Waals surface area (Å²) in [5, 5.41) is 11.7. The molecule has 0 aromatic carbocycles. The lowest BCUT2D eigenvalue weighted by Crippen LogP contribution is -2.06.